The van der Waals surface area contributed by atoms with Gasteiger partial charge in [0, 0.05) is 79.9 Å². The van der Waals surface area contributed by atoms with Crippen molar-refractivity contribution in [3.8, 4) is 11.3 Å². The third-order valence-corrected chi connectivity index (χ3v) is 7.89. The van der Waals surface area contributed by atoms with E-state index >= 15 is 0 Å². The molecular weight excluding hydrogens is 470 g/mol. The van der Waals surface area contributed by atoms with Gasteiger partial charge in [-0.3, -0.25) is 4.90 Å². The highest BCUT2D eigenvalue weighted by molar-refractivity contribution is 6.33. The van der Waals surface area contributed by atoms with Gasteiger partial charge in [-0.15, -0.1) is 0 Å². The number of piperidine rings is 1. The number of halogens is 1. The number of benzene rings is 2. The van der Waals surface area contributed by atoms with Crippen LogP contribution in [0.1, 0.15) is 12.8 Å². The number of hydrogen-bond acceptors (Lipinski definition) is 6. The van der Waals surface area contributed by atoms with Crippen LogP contribution in [-0.4, -0.2) is 77.1 Å². The molecule has 0 radical (unpaired) electrons. The van der Waals surface area contributed by atoms with Crippen LogP contribution in [0.25, 0.3) is 22.2 Å². The first-order chi connectivity index (χ1) is 17.6. The van der Waals surface area contributed by atoms with Gasteiger partial charge >= 0.3 is 0 Å². The van der Waals surface area contributed by atoms with Gasteiger partial charge in [-0.1, -0.05) is 29.8 Å². The average molecular weight is 502 g/mol. The lowest BCUT2D eigenvalue weighted by Crippen LogP contribution is -2.52. The van der Waals surface area contributed by atoms with Crippen LogP contribution in [0.5, 0.6) is 0 Å². The standard InChI is InChI=1S/C28H32ClN7/c1-34-14-16-35(17-15-34)21-9-12-36(13-10-21)27-7-6-20(18-24(27)29)32-28-30-11-8-26(33-28)23-19-31-25-5-3-2-4-22(23)25/h2-8,11,18-19,21,31H,9-10,12-17H2,1H3,(H,30,32,33). The third kappa shape index (κ3) is 4.78. The van der Waals surface area contributed by atoms with Crippen molar-refractivity contribution in [2.24, 2.45) is 0 Å². The Morgan fingerprint density at radius 3 is 2.58 bits per heavy atom. The highest BCUT2D eigenvalue weighted by atomic mass is 35.5. The van der Waals surface area contributed by atoms with E-state index in [1.54, 1.807) is 6.20 Å². The number of aromatic amines is 1. The first kappa shape index (κ1) is 23.3. The molecule has 0 spiro atoms. The Morgan fingerprint density at radius 1 is 0.972 bits per heavy atom. The van der Waals surface area contributed by atoms with Crippen molar-refractivity contribution in [2.75, 3.05) is 56.5 Å². The Bertz CT molecular complexity index is 1340. The van der Waals surface area contributed by atoms with E-state index in [0.717, 1.165) is 51.6 Å². The van der Waals surface area contributed by atoms with Crippen LogP contribution in [0.2, 0.25) is 5.02 Å². The first-order valence-corrected chi connectivity index (χ1v) is 13.2. The van der Waals surface area contributed by atoms with Crippen molar-refractivity contribution >= 4 is 39.8 Å². The second-order valence-corrected chi connectivity index (χ2v) is 10.3. The molecule has 0 atom stereocenters. The van der Waals surface area contributed by atoms with Gasteiger partial charge in [-0.05, 0) is 50.2 Å². The van der Waals surface area contributed by atoms with Gasteiger partial charge in [0.25, 0.3) is 0 Å². The highest BCUT2D eigenvalue weighted by Gasteiger charge is 2.27. The van der Waals surface area contributed by atoms with E-state index in [0.29, 0.717) is 12.0 Å². The van der Waals surface area contributed by atoms with Crippen molar-refractivity contribution < 1.29 is 0 Å². The van der Waals surface area contributed by atoms with Crippen LogP contribution >= 0.6 is 11.6 Å². The Balaban J connectivity index is 1.12. The molecule has 0 aliphatic carbocycles. The molecule has 0 unspecified atom stereocenters. The lowest BCUT2D eigenvalue weighted by atomic mass is 10.0. The fourth-order valence-electron chi connectivity index (χ4n) is 5.48. The number of piperazine rings is 1. The predicted octanol–water partition coefficient (Wildman–Crippen LogP) is 5.24. The number of hydrogen-bond donors (Lipinski definition) is 2. The molecule has 0 amide bonds. The van der Waals surface area contributed by atoms with Gasteiger partial charge in [0.15, 0.2) is 0 Å². The van der Waals surface area contributed by atoms with Crippen molar-refractivity contribution in [2.45, 2.75) is 18.9 Å². The summed E-state index contributed by atoms with van der Waals surface area (Å²) in [6.45, 7) is 6.81. The molecule has 2 aromatic heterocycles. The average Bonchev–Trinajstić information content (AvgIpc) is 3.34. The van der Waals surface area contributed by atoms with E-state index in [1.165, 1.54) is 39.0 Å². The lowest BCUT2D eigenvalue weighted by Gasteiger charge is -2.42. The molecule has 0 bridgehead atoms. The summed E-state index contributed by atoms with van der Waals surface area (Å²) < 4.78 is 0. The van der Waals surface area contributed by atoms with Crippen LogP contribution in [-0.2, 0) is 0 Å². The molecule has 0 saturated carbocycles. The fraction of sp³-hybridized carbons (Fsp3) is 0.357. The van der Waals surface area contributed by atoms with Crippen LogP contribution < -0.4 is 10.2 Å². The minimum atomic E-state index is 0.551. The Hall–Kier alpha value is -3.13. The van der Waals surface area contributed by atoms with Crippen LogP contribution in [0.4, 0.5) is 17.3 Å². The molecule has 4 aromatic rings. The van der Waals surface area contributed by atoms with Gasteiger partial charge in [0.1, 0.15) is 0 Å². The third-order valence-electron chi connectivity index (χ3n) is 7.58. The molecule has 36 heavy (non-hydrogen) atoms. The number of rotatable bonds is 5. The van der Waals surface area contributed by atoms with E-state index in [4.69, 9.17) is 16.6 Å². The number of nitrogens with zero attached hydrogens (tertiary/aromatic N) is 5. The zero-order valence-electron chi connectivity index (χ0n) is 20.6. The van der Waals surface area contributed by atoms with Crippen LogP contribution in [0.3, 0.4) is 0 Å². The highest BCUT2D eigenvalue weighted by Crippen LogP contribution is 2.33. The maximum Gasteiger partial charge on any atom is 0.227 e. The first-order valence-electron chi connectivity index (χ1n) is 12.8. The number of likely N-dealkylation sites (N-methyl/N-ethyl adjacent to an activating group) is 1. The number of anilines is 3. The zero-order chi connectivity index (χ0) is 24.5. The van der Waals surface area contributed by atoms with Gasteiger partial charge in [0.05, 0.1) is 16.4 Å². The van der Waals surface area contributed by atoms with Crippen LogP contribution in [0, 0.1) is 0 Å². The zero-order valence-corrected chi connectivity index (χ0v) is 21.4. The molecule has 7 nitrogen and oxygen atoms in total. The molecule has 2 aliphatic heterocycles. The molecule has 186 valence electrons. The van der Waals surface area contributed by atoms with Gasteiger partial charge < -0.3 is 20.1 Å². The molecule has 4 heterocycles. The monoisotopic (exact) mass is 501 g/mol. The fourth-order valence-corrected chi connectivity index (χ4v) is 5.78. The molecule has 2 aliphatic rings. The number of nitrogens with one attached hydrogen (secondary N) is 2. The van der Waals surface area contributed by atoms with E-state index in [1.807, 2.05) is 30.5 Å². The second-order valence-electron chi connectivity index (χ2n) is 9.86. The van der Waals surface area contributed by atoms with Crippen LogP contribution in [0.15, 0.2) is 60.9 Å². The summed E-state index contributed by atoms with van der Waals surface area (Å²) in [6.07, 6.45) is 6.16. The minimum absolute atomic E-state index is 0.551. The van der Waals surface area contributed by atoms with Gasteiger partial charge in [-0.2, -0.15) is 0 Å². The van der Waals surface area contributed by atoms with E-state index < -0.39 is 0 Å². The van der Waals surface area contributed by atoms with Gasteiger partial charge in [0.2, 0.25) is 5.95 Å². The summed E-state index contributed by atoms with van der Waals surface area (Å²) in [5.41, 5.74) is 5.01. The van der Waals surface area contributed by atoms with E-state index in [9.17, 15) is 0 Å². The summed E-state index contributed by atoms with van der Waals surface area (Å²) in [7, 11) is 2.22. The molecular formula is C28H32ClN7. The maximum atomic E-state index is 6.77. The predicted molar refractivity (Wildman–Crippen MR) is 148 cm³/mol. The van der Waals surface area contributed by atoms with Crippen molar-refractivity contribution in [3.05, 3.63) is 65.9 Å². The summed E-state index contributed by atoms with van der Waals surface area (Å²) in [5.74, 6) is 0.551. The Morgan fingerprint density at radius 2 is 1.78 bits per heavy atom. The molecule has 6 rings (SSSR count). The summed E-state index contributed by atoms with van der Waals surface area (Å²) in [6, 6.07) is 17.0. The summed E-state index contributed by atoms with van der Waals surface area (Å²) in [5, 5.41) is 5.23. The number of H-pyrrole nitrogens is 1. The number of fused-ring (bicyclic) bond motifs is 1. The number of aromatic nitrogens is 3. The Kier molecular flexibility index (Phi) is 6.52. The van der Waals surface area contributed by atoms with Crippen molar-refractivity contribution in [3.63, 3.8) is 0 Å². The SMILES string of the molecule is CN1CCN(C2CCN(c3ccc(Nc4nccc(-c5c[nH]c6ccccc56)n4)cc3Cl)CC2)CC1. The maximum absolute atomic E-state index is 6.77. The van der Waals surface area contributed by atoms with E-state index in [-0.39, 0.29) is 0 Å². The smallest absolute Gasteiger partial charge is 0.227 e. The Labute approximate surface area is 217 Å². The molecule has 2 N–H and O–H groups in total. The molecule has 8 heteroatoms. The van der Waals surface area contributed by atoms with Gasteiger partial charge in [-0.25, -0.2) is 9.97 Å². The second kappa shape index (κ2) is 10.1. The molecule has 2 aromatic carbocycles. The number of para-hydroxylation sites is 1. The minimum Gasteiger partial charge on any atom is -0.370 e. The van der Waals surface area contributed by atoms with Crippen molar-refractivity contribution in [1.29, 1.82) is 0 Å². The summed E-state index contributed by atoms with van der Waals surface area (Å²) in [4.78, 5) is 20.0. The van der Waals surface area contributed by atoms with Crippen molar-refractivity contribution in [1.82, 2.24) is 24.8 Å². The molecule has 2 saturated heterocycles. The van der Waals surface area contributed by atoms with E-state index in [2.05, 4.69) is 61.3 Å². The largest absolute Gasteiger partial charge is 0.370 e. The summed E-state index contributed by atoms with van der Waals surface area (Å²) >= 11 is 6.77. The quantitative estimate of drug-likeness (QED) is 0.390. The topological polar surface area (TPSA) is 63.3 Å². The lowest BCUT2D eigenvalue weighted by molar-refractivity contribution is 0.0982. The molecule has 2 fully saturated rings. The normalized spacial score (nSPS) is 18.1.